The third-order valence-electron chi connectivity index (χ3n) is 5.87. The van der Waals surface area contributed by atoms with Crippen molar-refractivity contribution in [2.24, 2.45) is 0 Å². The molecule has 0 unspecified atom stereocenters. The maximum Gasteiger partial charge on any atom is 0.243 e. The summed E-state index contributed by atoms with van der Waals surface area (Å²) in [5.74, 6) is 1.36. The molecule has 0 bridgehead atoms. The Kier molecular flexibility index (Phi) is 7.54. The molecule has 180 valence electrons. The van der Waals surface area contributed by atoms with Crippen molar-refractivity contribution in [3.05, 3.63) is 46.5 Å². The van der Waals surface area contributed by atoms with Gasteiger partial charge in [-0.05, 0) is 49.6 Å². The summed E-state index contributed by atoms with van der Waals surface area (Å²) < 4.78 is 44.1. The number of carbonyl (C=O) groups excluding carboxylic acids is 1. The summed E-state index contributed by atoms with van der Waals surface area (Å²) in [6.45, 7) is 6.80. The Morgan fingerprint density at radius 1 is 0.848 bits per heavy atom. The van der Waals surface area contributed by atoms with Crippen LogP contribution < -0.4 is 14.2 Å². The number of rotatable bonds is 7. The van der Waals surface area contributed by atoms with Gasteiger partial charge in [-0.1, -0.05) is 17.7 Å². The van der Waals surface area contributed by atoms with Crippen molar-refractivity contribution in [1.29, 1.82) is 0 Å². The van der Waals surface area contributed by atoms with Gasteiger partial charge in [0.2, 0.25) is 21.7 Å². The molecular formula is C24H32N2O6S. The monoisotopic (exact) mass is 476 g/mol. The molecular weight excluding hydrogens is 444 g/mol. The predicted molar refractivity (Wildman–Crippen MR) is 126 cm³/mol. The Labute approximate surface area is 196 Å². The summed E-state index contributed by atoms with van der Waals surface area (Å²) >= 11 is 0. The van der Waals surface area contributed by atoms with E-state index < -0.39 is 10.0 Å². The van der Waals surface area contributed by atoms with Crippen molar-refractivity contribution >= 4 is 15.9 Å². The number of benzene rings is 2. The zero-order valence-corrected chi connectivity index (χ0v) is 20.9. The van der Waals surface area contributed by atoms with E-state index in [4.69, 9.17) is 14.2 Å². The van der Waals surface area contributed by atoms with Crippen LogP contribution in [0.1, 0.15) is 22.3 Å². The molecule has 1 aliphatic rings. The number of sulfonamides is 1. The van der Waals surface area contributed by atoms with Crippen molar-refractivity contribution in [2.75, 3.05) is 47.5 Å². The molecule has 0 N–H and O–H groups in total. The fraction of sp³-hybridized carbons (Fsp3) is 0.458. The lowest BCUT2D eigenvalue weighted by molar-refractivity contribution is -0.131. The maximum atomic E-state index is 13.3. The number of hydrogen-bond donors (Lipinski definition) is 0. The normalized spacial score (nSPS) is 14.8. The third kappa shape index (κ3) is 5.09. The Bertz CT molecular complexity index is 1090. The van der Waals surface area contributed by atoms with Crippen LogP contribution in [0.15, 0.2) is 29.2 Å². The fourth-order valence-electron chi connectivity index (χ4n) is 4.40. The first kappa shape index (κ1) is 24.9. The van der Waals surface area contributed by atoms with Gasteiger partial charge in [-0.2, -0.15) is 4.31 Å². The molecule has 0 aliphatic carbocycles. The second-order valence-electron chi connectivity index (χ2n) is 8.22. The van der Waals surface area contributed by atoms with E-state index in [2.05, 4.69) is 0 Å². The summed E-state index contributed by atoms with van der Waals surface area (Å²) in [5.41, 5.74) is 3.25. The summed E-state index contributed by atoms with van der Waals surface area (Å²) in [6, 6.07) is 7.28. The first-order valence-electron chi connectivity index (χ1n) is 10.8. The van der Waals surface area contributed by atoms with Crippen LogP contribution in [-0.2, 0) is 21.2 Å². The number of aryl methyl sites for hydroxylation is 3. The van der Waals surface area contributed by atoms with E-state index in [1.165, 1.54) is 25.6 Å². The largest absolute Gasteiger partial charge is 0.493 e. The van der Waals surface area contributed by atoms with Crippen LogP contribution in [0.2, 0.25) is 0 Å². The standard InChI is InChI=1S/C24H32N2O6S/c1-16-11-17(2)24(18(3)12-16)33(28,29)26-9-7-25(8-10-26)22(27)15-19-13-20(30-4)23(32-6)21(14-19)31-5/h11-14H,7-10,15H2,1-6H3. The molecule has 0 radical (unpaired) electrons. The van der Waals surface area contributed by atoms with Gasteiger partial charge in [0.05, 0.1) is 32.6 Å². The topological polar surface area (TPSA) is 85.4 Å². The molecule has 8 nitrogen and oxygen atoms in total. The molecule has 9 heteroatoms. The molecule has 1 amide bonds. The minimum absolute atomic E-state index is 0.0796. The van der Waals surface area contributed by atoms with Gasteiger partial charge in [0, 0.05) is 26.2 Å². The van der Waals surface area contributed by atoms with Crippen molar-refractivity contribution < 1.29 is 27.4 Å². The summed E-state index contributed by atoms with van der Waals surface area (Å²) in [7, 11) is 0.956. The van der Waals surface area contributed by atoms with Gasteiger partial charge in [0.25, 0.3) is 0 Å². The molecule has 0 atom stereocenters. The first-order valence-corrected chi connectivity index (χ1v) is 12.2. The van der Waals surface area contributed by atoms with E-state index in [-0.39, 0.29) is 25.4 Å². The molecule has 2 aromatic rings. The van der Waals surface area contributed by atoms with Gasteiger partial charge in [0.15, 0.2) is 11.5 Å². The van der Waals surface area contributed by atoms with Crippen LogP contribution in [-0.4, -0.2) is 71.0 Å². The molecule has 1 saturated heterocycles. The average Bonchev–Trinajstić information content (AvgIpc) is 2.77. The van der Waals surface area contributed by atoms with E-state index in [0.717, 1.165) is 22.3 Å². The lowest BCUT2D eigenvalue weighted by Crippen LogP contribution is -2.51. The van der Waals surface area contributed by atoms with Gasteiger partial charge in [-0.3, -0.25) is 4.79 Å². The Hall–Kier alpha value is -2.78. The van der Waals surface area contributed by atoms with E-state index in [0.29, 0.717) is 35.2 Å². The average molecular weight is 477 g/mol. The summed E-state index contributed by atoms with van der Waals surface area (Å²) in [4.78, 5) is 15.0. The highest BCUT2D eigenvalue weighted by molar-refractivity contribution is 7.89. The third-order valence-corrected chi connectivity index (χ3v) is 8.08. The highest BCUT2D eigenvalue weighted by Crippen LogP contribution is 2.38. The molecule has 3 rings (SSSR count). The molecule has 1 heterocycles. The first-order chi connectivity index (χ1) is 15.6. The lowest BCUT2D eigenvalue weighted by atomic mass is 10.1. The van der Waals surface area contributed by atoms with Gasteiger partial charge in [-0.15, -0.1) is 0 Å². The van der Waals surface area contributed by atoms with E-state index in [1.54, 1.807) is 17.0 Å². The highest BCUT2D eigenvalue weighted by Gasteiger charge is 2.32. The van der Waals surface area contributed by atoms with Crippen LogP contribution in [0.25, 0.3) is 0 Å². The molecule has 2 aromatic carbocycles. The predicted octanol–water partition coefficient (Wildman–Crippen LogP) is 2.71. The Morgan fingerprint density at radius 3 is 1.82 bits per heavy atom. The number of carbonyl (C=O) groups is 1. The summed E-state index contributed by atoms with van der Waals surface area (Å²) in [6.07, 6.45) is 0.152. The maximum absolute atomic E-state index is 13.3. The Balaban J connectivity index is 1.71. The number of methoxy groups -OCH3 is 3. The lowest BCUT2D eigenvalue weighted by Gasteiger charge is -2.34. The van der Waals surface area contributed by atoms with Gasteiger partial charge in [-0.25, -0.2) is 8.42 Å². The minimum atomic E-state index is -3.63. The zero-order chi connectivity index (χ0) is 24.3. The van der Waals surface area contributed by atoms with E-state index in [9.17, 15) is 13.2 Å². The quantitative estimate of drug-likeness (QED) is 0.611. The van der Waals surface area contributed by atoms with Crippen molar-refractivity contribution in [3.8, 4) is 17.2 Å². The van der Waals surface area contributed by atoms with Crippen molar-refractivity contribution in [3.63, 3.8) is 0 Å². The van der Waals surface area contributed by atoms with Gasteiger partial charge >= 0.3 is 0 Å². The van der Waals surface area contributed by atoms with E-state index in [1.807, 2.05) is 32.9 Å². The van der Waals surface area contributed by atoms with Gasteiger partial charge < -0.3 is 19.1 Å². The summed E-state index contributed by atoms with van der Waals surface area (Å²) in [5, 5.41) is 0. The second kappa shape index (κ2) is 10.0. The SMILES string of the molecule is COc1cc(CC(=O)N2CCN(S(=O)(=O)c3c(C)cc(C)cc3C)CC2)cc(OC)c1OC. The molecule has 33 heavy (non-hydrogen) atoms. The van der Waals surface area contributed by atoms with Crippen molar-refractivity contribution in [1.82, 2.24) is 9.21 Å². The Morgan fingerprint density at radius 2 is 1.36 bits per heavy atom. The molecule has 0 spiro atoms. The van der Waals surface area contributed by atoms with Crippen LogP contribution in [0.5, 0.6) is 17.2 Å². The minimum Gasteiger partial charge on any atom is -0.493 e. The van der Waals surface area contributed by atoms with Crippen LogP contribution in [0.3, 0.4) is 0 Å². The number of ether oxygens (including phenoxy) is 3. The molecule has 0 aromatic heterocycles. The van der Waals surface area contributed by atoms with Gasteiger partial charge in [0.1, 0.15) is 0 Å². The van der Waals surface area contributed by atoms with Crippen LogP contribution in [0.4, 0.5) is 0 Å². The van der Waals surface area contributed by atoms with Crippen LogP contribution in [0, 0.1) is 20.8 Å². The fourth-order valence-corrected chi connectivity index (χ4v) is 6.24. The highest BCUT2D eigenvalue weighted by atomic mass is 32.2. The van der Waals surface area contributed by atoms with E-state index >= 15 is 0 Å². The van der Waals surface area contributed by atoms with Crippen LogP contribution >= 0.6 is 0 Å². The molecule has 0 saturated carbocycles. The number of amides is 1. The number of nitrogens with zero attached hydrogens (tertiary/aromatic N) is 2. The van der Waals surface area contributed by atoms with Crippen molar-refractivity contribution in [2.45, 2.75) is 32.1 Å². The second-order valence-corrected chi connectivity index (χ2v) is 10.1. The number of hydrogen-bond acceptors (Lipinski definition) is 6. The molecule has 1 fully saturated rings. The zero-order valence-electron chi connectivity index (χ0n) is 20.1. The molecule has 1 aliphatic heterocycles. The smallest absolute Gasteiger partial charge is 0.243 e. The number of piperazine rings is 1.